The van der Waals surface area contributed by atoms with Crippen LogP contribution in [-0.4, -0.2) is 18.4 Å². The maximum atomic E-state index is 12.3. The minimum atomic E-state index is -0.308. The Morgan fingerprint density at radius 3 is 2.84 bits per heavy atom. The van der Waals surface area contributed by atoms with E-state index in [-0.39, 0.29) is 11.9 Å². The summed E-state index contributed by atoms with van der Waals surface area (Å²) in [7, 11) is 0. The van der Waals surface area contributed by atoms with Crippen molar-refractivity contribution >= 4 is 11.5 Å². The number of hydrogen-bond acceptors (Lipinski definition) is 3. The molecule has 1 heterocycles. The zero-order valence-corrected chi connectivity index (χ0v) is 11.2. The highest BCUT2D eigenvalue weighted by Crippen LogP contribution is 2.31. The summed E-state index contributed by atoms with van der Waals surface area (Å²) in [5.74, 6) is 1.65. The average Bonchev–Trinajstić information content (AvgIpc) is 2.48. The molecule has 0 spiro atoms. The van der Waals surface area contributed by atoms with Crippen LogP contribution in [0.3, 0.4) is 0 Å². The lowest BCUT2D eigenvalue weighted by atomic mass is 9.85. The van der Waals surface area contributed by atoms with E-state index < -0.39 is 0 Å². The third kappa shape index (κ3) is 2.91. The molecule has 102 valence electrons. The topological polar surface area (TPSA) is 38.3 Å². The number of fused-ring (bicyclic) bond motifs is 1. The monoisotopic (exact) mass is 259 g/mol. The Kier molecular flexibility index (Phi) is 3.72. The molecule has 0 saturated heterocycles. The maximum absolute atomic E-state index is 12.3. The second kappa shape index (κ2) is 5.64. The number of carbonyl (C=O) groups is 1. The fourth-order valence-electron chi connectivity index (χ4n) is 3.10. The van der Waals surface area contributed by atoms with Gasteiger partial charge in [-0.25, -0.2) is 0 Å². The summed E-state index contributed by atoms with van der Waals surface area (Å²) in [5, 5.41) is 3.29. The van der Waals surface area contributed by atoms with Gasteiger partial charge < -0.3 is 10.1 Å². The molecule has 0 bridgehead atoms. The number of carbonyl (C=O) groups excluding carboxylic acids is 1. The van der Waals surface area contributed by atoms with Gasteiger partial charge in [0.25, 0.3) is 0 Å². The first-order valence-electron chi connectivity index (χ1n) is 7.35. The minimum Gasteiger partial charge on any atom is -0.479 e. The first-order valence-corrected chi connectivity index (χ1v) is 7.35. The summed E-state index contributed by atoms with van der Waals surface area (Å²) in [5.41, 5.74) is 0.990. The number of Topliss-reactive ketones (excluding diaryl/α,β-unsaturated/α-hetero) is 1. The molecule has 1 unspecified atom stereocenters. The predicted octanol–water partition coefficient (Wildman–Crippen LogP) is 3.40. The molecule has 1 N–H and O–H groups in total. The second-order valence-corrected chi connectivity index (χ2v) is 5.66. The van der Waals surface area contributed by atoms with Gasteiger partial charge in [-0.3, -0.25) is 4.79 Å². The molecule has 1 aromatic carbocycles. The molecule has 1 fully saturated rings. The highest BCUT2D eigenvalue weighted by molar-refractivity contribution is 5.85. The van der Waals surface area contributed by atoms with Gasteiger partial charge in [-0.2, -0.15) is 0 Å². The Balaban J connectivity index is 1.59. The molecule has 0 amide bonds. The molecule has 1 aliphatic carbocycles. The molecule has 1 atom stereocenters. The molecule has 2 aliphatic rings. The van der Waals surface area contributed by atoms with Crippen molar-refractivity contribution in [3.05, 3.63) is 24.3 Å². The largest absolute Gasteiger partial charge is 0.479 e. The Morgan fingerprint density at radius 2 is 2.00 bits per heavy atom. The van der Waals surface area contributed by atoms with Gasteiger partial charge in [0, 0.05) is 6.42 Å². The highest BCUT2D eigenvalue weighted by atomic mass is 16.5. The van der Waals surface area contributed by atoms with Crippen LogP contribution in [0.1, 0.15) is 38.5 Å². The van der Waals surface area contributed by atoms with Crippen molar-refractivity contribution in [2.45, 2.75) is 44.6 Å². The van der Waals surface area contributed by atoms with Gasteiger partial charge in [0.05, 0.1) is 12.2 Å². The van der Waals surface area contributed by atoms with Crippen molar-refractivity contribution in [2.75, 3.05) is 11.9 Å². The smallest absolute Gasteiger partial charge is 0.175 e. The van der Waals surface area contributed by atoms with Crippen LogP contribution in [0.25, 0.3) is 0 Å². The van der Waals surface area contributed by atoms with E-state index in [1.54, 1.807) is 0 Å². The molecule has 1 saturated carbocycles. The van der Waals surface area contributed by atoms with Crippen molar-refractivity contribution in [3.8, 4) is 5.75 Å². The fraction of sp³-hybridized carbons (Fsp3) is 0.562. The van der Waals surface area contributed by atoms with Gasteiger partial charge in [-0.1, -0.05) is 44.2 Å². The third-order valence-corrected chi connectivity index (χ3v) is 4.21. The lowest BCUT2D eigenvalue weighted by Gasteiger charge is -2.28. The van der Waals surface area contributed by atoms with Crippen LogP contribution in [0.2, 0.25) is 0 Å². The van der Waals surface area contributed by atoms with Gasteiger partial charge in [0.15, 0.2) is 11.9 Å². The van der Waals surface area contributed by atoms with E-state index in [0.29, 0.717) is 18.9 Å². The lowest BCUT2D eigenvalue weighted by molar-refractivity contribution is -0.126. The van der Waals surface area contributed by atoms with Crippen molar-refractivity contribution in [2.24, 2.45) is 5.92 Å². The third-order valence-electron chi connectivity index (χ3n) is 4.21. The van der Waals surface area contributed by atoms with Gasteiger partial charge in [-0.05, 0) is 18.1 Å². The van der Waals surface area contributed by atoms with E-state index in [4.69, 9.17) is 4.74 Å². The van der Waals surface area contributed by atoms with Crippen LogP contribution in [0, 0.1) is 5.92 Å². The minimum absolute atomic E-state index is 0.258. The van der Waals surface area contributed by atoms with Gasteiger partial charge >= 0.3 is 0 Å². The molecule has 0 radical (unpaired) electrons. The molecule has 3 heteroatoms. The Bertz CT molecular complexity index is 452. The predicted molar refractivity (Wildman–Crippen MR) is 75.5 cm³/mol. The van der Waals surface area contributed by atoms with Crippen molar-refractivity contribution in [1.29, 1.82) is 0 Å². The van der Waals surface area contributed by atoms with Crippen molar-refractivity contribution < 1.29 is 9.53 Å². The zero-order valence-electron chi connectivity index (χ0n) is 11.2. The van der Waals surface area contributed by atoms with Crippen LogP contribution in [0.4, 0.5) is 5.69 Å². The molecule has 1 aromatic rings. The number of anilines is 1. The molecular formula is C16H21NO2. The summed E-state index contributed by atoms with van der Waals surface area (Å²) in [6.07, 6.45) is 6.70. The molecular weight excluding hydrogens is 238 g/mol. The molecule has 19 heavy (non-hydrogen) atoms. The van der Waals surface area contributed by atoms with E-state index in [2.05, 4.69) is 5.32 Å². The first-order chi connectivity index (χ1) is 9.33. The molecule has 1 aliphatic heterocycles. The molecule has 3 rings (SSSR count). The zero-order chi connectivity index (χ0) is 13.1. The second-order valence-electron chi connectivity index (χ2n) is 5.66. The summed E-state index contributed by atoms with van der Waals surface area (Å²) in [4.78, 5) is 12.3. The number of benzene rings is 1. The maximum Gasteiger partial charge on any atom is 0.175 e. The summed E-state index contributed by atoms with van der Waals surface area (Å²) in [6, 6.07) is 7.81. The molecule has 3 nitrogen and oxygen atoms in total. The van der Waals surface area contributed by atoms with Crippen molar-refractivity contribution in [1.82, 2.24) is 0 Å². The van der Waals surface area contributed by atoms with Crippen LogP contribution < -0.4 is 10.1 Å². The molecule has 0 aromatic heterocycles. The standard InChI is InChI=1S/C16H21NO2/c18-14(10-12-6-2-1-3-7-12)16-11-17-13-8-4-5-9-15(13)19-16/h4-5,8-9,12,16-17H,1-3,6-7,10-11H2. The average molecular weight is 259 g/mol. The van der Waals surface area contributed by atoms with E-state index in [9.17, 15) is 4.79 Å². The van der Waals surface area contributed by atoms with Crippen LogP contribution >= 0.6 is 0 Å². The van der Waals surface area contributed by atoms with Gasteiger partial charge in [-0.15, -0.1) is 0 Å². The lowest BCUT2D eigenvalue weighted by Crippen LogP contribution is -2.38. The number of ketones is 1. The summed E-state index contributed by atoms with van der Waals surface area (Å²) < 4.78 is 5.82. The number of hydrogen-bond donors (Lipinski definition) is 1. The summed E-state index contributed by atoms with van der Waals surface area (Å²) in [6.45, 7) is 0.600. The van der Waals surface area contributed by atoms with Crippen LogP contribution in [0.15, 0.2) is 24.3 Å². The number of rotatable bonds is 3. The fourth-order valence-corrected chi connectivity index (χ4v) is 3.10. The highest BCUT2D eigenvalue weighted by Gasteiger charge is 2.27. The first kappa shape index (κ1) is 12.5. The Hall–Kier alpha value is -1.51. The number of nitrogens with one attached hydrogen (secondary N) is 1. The van der Waals surface area contributed by atoms with Crippen LogP contribution in [0.5, 0.6) is 5.75 Å². The van der Waals surface area contributed by atoms with E-state index >= 15 is 0 Å². The quantitative estimate of drug-likeness (QED) is 0.904. The van der Waals surface area contributed by atoms with Gasteiger partial charge in [0.2, 0.25) is 0 Å². The number of para-hydroxylation sites is 2. The van der Waals surface area contributed by atoms with Crippen molar-refractivity contribution in [3.63, 3.8) is 0 Å². The Labute approximate surface area is 114 Å². The summed E-state index contributed by atoms with van der Waals surface area (Å²) >= 11 is 0. The van der Waals surface area contributed by atoms with E-state index in [1.165, 1.54) is 32.1 Å². The van der Waals surface area contributed by atoms with E-state index in [1.807, 2.05) is 24.3 Å². The normalized spacial score (nSPS) is 23.1. The van der Waals surface area contributed by atoms with Crippen LogP contribution in [-0.2, 0) is 4.79 Å². The number of ether oxygens (including phenoxy) is 1. The van der Waals surface area contributed by atoms with Gasteiger partial charge in [0.1, 0.15) is 5.75 Å². The SMILES string of the molecule is O=C(CC1CCCCC1)C1CNc2ccccc2O1. The van der Waals surface area contributed by atoms with E-state index in [0.717, 1.165) is 11.4 Å². The Morgan fingerprint density at radius 1 is 1.21 bits per heavy atom.